The zero-order chi connectivity index (χ0) is 24.8. The third kappa shape index (κ3) is 5.89. The van der Waals surface area contributed by atoms with E-state index in [2.05, 4.69) is 15.3 Å². The third-order valence-electron chi connectivity index (χ3n) is 5.17. The first-order valence-corrected chi connectivity index (χ1v) is 10.5. The highest BCUT2D eigenvalue weighted by atomic mass is 19.1. The van der Waals surface area contributed by atoms with Gasteiger partial charge in [-0.05, 0) is 59.7 Å². The molecule has 0 aliphatic rings. The Hall–Kier alpha value is -4.53. The fourth-order valence-electron chi connectivity index (χ4n) is 3.49. The predicted molar refractivity (Wildman–Crippen MR) is 122 cm³/mol. The Morgan fingerprint density at radius 2 is 1.37 bits per heavy atom. The first kappa shape index (κ1) is 23.6. The fourth-order valence-corrected chi connectivity index (χ4v) is 3.49. The van der Waals surface area contributed by atoms with Crippen molar-refractivity contribution in [1.29, 1.82) is 0 Å². The zero-order valence-corrected chi connectivity index (χ0v) is 18.2. The molecule has 4 rings (SSSR count). The van der Waals surface area contributed by atoms with Gasteiger partial charge < -0.3 is 10.2 Å². The van der Waals surface area contributed by atoms with Crippen LogP contribution < -0.4 is 5.32 Å². The topological polar surface area (TPSA) is 75.2 Å². The van der Waals surface area contributed by atoms with Crippen molar-refractivity contribution in [3.05, 3.63) is 126 Å². The molecule has 1 atom stereocenters. The van der Waals surface area contributed by atoms with E-state index in [1.54, 1.807) is 0 Å². The van der Waals surface area contributed by atoms with Crippen molar-refractivity contribution in [3.63, 3.8) is 0 Å². The molecule has 0 radical (unpaired) electrons. The molecule has 0 saturated heterocycles. The fraction of sp³-hybridized carbons (Fsp3) is 0.0769. The molecule has 1 heterocycles. The van der Waals surface area contributed by atoms with Crippen LogP contribution in [0.4, 0.5) is 18.9 Å². The van der Waals surface area contributed by atoms with E-state index in [0.29, 0.717) is 16.8 Å². The second-order valence-corrected chi connectivity index (χ2v) is 7.60. The summed E-state index contributed by atoms with van der Waals surface area (Å²) in [5.74, 6) is -2.69. The van der Waals surface area contributed by atoms with Gasteiger partial charge in [0.25, 0.3) is 11.8 Å². The van der Waals surface area contributed by atoms with Crippen LogP contribution in [-0.4, -0.2) is 26.7 Å². The summed E-state index contributed by atoms with van der Waals surface area (Å²) in [6.07, 6.45) is 4.01. The van der Waals surface area contributed by atoms with Crippen molar-refractivity contribution in [1.82, 2.24) is 14.9 Å². The average Bonchev–Trinajstić information content (AvgIpc) is 2.87. The van der Waals surface area contributed by atoms with E-state index in [1.807, 2.05) is 0 Å². The zero-order valence-electron chi connectivity index (χ0n) is 18.2. The highest BCUT2D eigenvalue weighted by molar-refractivity contribution is 6.00. The molecule has 0 spiro atoms. The highest BCUT2D eigenvalue weighted by Crippen LogP contribution is 2.27. The van der Waals surface area contributed by atoms with Crippen molar-refractivity contribution < 1.29 is 22.8 Å². The summed E-state index contributed by atoms with van der Waals surface area (Å²) in [5, 5.41) is 2.67. The number of rotatable bonds is 7. The Labute approximate surface area is 199 Å². The highest BCUT2D eigenvalue weighted by Gasteiger charge is 2.33. The molecule has 3 aromatic carbocycles. The van der Waals surface area contributed by atoms with Gasteiger partial charge in [0.1, 0.15) is 29.2 Å². The Balaban J connectivity index is 1.77. The van der Waals surface area contributed by atoms with E-state index in [9.17, 15) is 22.8 Å². The van der Waals surface area contributed by atoms with Crippen molar-refractivity contribution >= 4 is 17.5 Å². The van der Waals surface area contributed by atoms with Crippen LogP contribution in [0.3, 0.4) is 0 Å². The number of amides is 2. The van der Waals surface area contributed by atoms with Gasteiger partial charge >= 0.3 is 0 Å². The van der Waals surface area contributed by atoms with Crippen molar-refractivity contribution in [2.45, 2.75) is 12.6 Å². The number of nitrogens with one attached hydrogen (secondary N) is 1. The minimum atomic E-state index is -1.24. The predicted octanol–water partition coefficient (Wildman–Crippen LogP) is 4.92. The lowest BCUT2D eigenvalue weighted by atomic mass is 10.0. The summed E-state index contributed by atoms with van der Waals surface area (Å²) in [5.41, 5.74) is 1.16. The van der Waals surface area contributed by atoms with Crippen LogP contribution in [0.25, 0.3) is 0 Å². The first-order chi connectivity index (χ1) is 16.9. The van der Waals surface area contributed by atoms with Crippen LogP contribution >= 0.6 is 0 Å². The van der Waals surface area contributed by atoms with Crippen LogP contribution in [0.5, 0.6) is 0 Å². The summed E-state index contributed by atoms with van der Waals surface area (Å²) in [6.45, 7) is -0.0887. The van der Waals surface area contributed by atoms with E-state index >= 15 is 0 Å². The average molecular weight is 476 g/mol. The molecule has 0 bridgehead atoms. The second-order valence-electron chi connectivity index (χ2n) is 7.60. The van der Waals surface area contributed by atoms with Gasteiger partial charge in [-0.15, -0.1) is 0 Å². The molecular formula is C26H19F3N4O2. The summed E-state index contributed by atoms with van der Waals surface area (Å²) in [7, 11) is 0. The number of benzene rings is 3. The number of carbonyl (C=O) groups excluding carboxylic acids is 2. The molecule has 0 aliphatic carbocycles. The van der Waals surface area contributed by atoms with Crippen molar-refractivity contribution in [2.75, 3.05) is 5.32 Å². The van der Waals surface area contributed by atoms with E-state index < -0.39 is 35.3 Å². The number of aromatic nitrogens is 2. The van der Waals surface area contributed by atoms with Crippen molar-refractivity contribution in [3.8, 4) is 0 Å². The number of carbonyl (C=O) groups is 2. The molecule has 176 valence electrons. The van der Waals surface area contributed by atoms with Gasteiger partial charge in [-0.1, -0.05) is 24.3 Å². The maximum atomic E-state index is 13.7. The smallest absolute Gasteiger partial charge is 0.275 e. The van der Waals surface area contributed by atoms with Gasteiger partial charge in [0, 0.05) is 24.6 Å². The standard InChI is InChI=1S/C26H19F3N4O2/c27-19-5-1-17(2-6-19)16-33(26(35)23-15-30-13-14-31-23)24(18-3-7-20(28)8-4-18)25(34)32-22-11-9-21(29)10-12-22/h1-15,24H,16H2,(H,32,34). The Bertz CT molecular complexity index is 1300. The van der Waals surface area contributed by atoms with E-state index in [4.69, 9.17) is 0 Å². The summed E-state index contributed by atoms with van der Waals surface area (Å²) >= 11 is 0. The lowest BCUT2D eigenvalue weighted by Crippen LogP contribution is -2.41. The number of halogens is 3. The second kappa shape index (κ2) is 10.6. The minimum absolute atomic E-state index is 0.0173. The summed E-state index contributed by atoms with van der Waals surface area (Å²) in [4.78, 5) is 36.3. The summed E-state index contributed by atoms with van der Waals surface area (Å²) in [6, 6.07) is 14.5. The van der Waals surface area contributed by atoms with Crippen LogP contribution in [0.15, 0.2) is 91.4 Å². The van der Waals surface area contributed by atoms with Gasteiger partial charge in [-0.3, -0.25) is 14.6 Å². The molecule has 0 aliphatic heterocycles. The molecule has 9 heteroatoms. The van der Waals surface area contributed by atoms with Crippen LogP contribution in [0.2, 0.25) is 0 Å². The van der Waals surface area contributed by atoms with Gasteiger partial charge in [-0.2, -0.15) is 0 Å². The van der Waals surface area contributed by atoms with Gasteiger partial charge in [-0.25, -0.2) is 18.2 Å². The number of hydrogen-bond acceptors (Lipinski definition) is 4. The SMILES string of the molecule is O=C(Nc1ccc(F)cc1)C(c1ccc(F)cc1)N(Cc1ccc(F)cc1)C(=O)c1cnccn1. The van der Waals surface area contributed by atoms with Crippen LogP contribution in [0, 0.1) is 17.5 Å². The first-order valence-electron chi connectivity index (χ1n) is 10.5. The molecule has 0 saturated carbocycles. The Morgan fingerprint density at radius 1 is 0.800 bits per heavy atom. The molecule has 4 aromatic rings. The normalized spacial score (nSPS) is 11.5. The molecule has 0 fully saturated rings. The van der Waals surface area contributed by atoms with Crippen LogP contribution in [-0.2, 0) is 11.3 Å². The molecular weight excluding hydrogens is 457 g/mol. The van der Waals surface area contributed by atoms with E-state index in [-0.39, 0.29) is 12.2 Å². The Kier molecular flexibility index (Phi) is 7.15. The summed E-state index contributed by atoms with van der Waals surface area (Å²) < 4.78 is 40.5. The number of anilines is 1. The lowest BCUT2D eigenvalue weighted by molar-refractivity contribution is -0.121. The van der Waals surface area contributed by atoms with E-state index in [1.165, 1.54) is 96.3 Å². The molecule has 1 N–H and O–H groups in total. The molecule has 1 unspecified atom stereocenters. The monoisotopic (exact) mass is 476 g/mol. The van der Waals surface area contributed by atoms with Crippen LogP contribution in [0.1, 0.15) is 27.7 Å². The number of hydrogen-bond donors (Lipinski definition) is 1. The van der Waals surface area contributed by atoms with Gasteiger partial charge in [0.15, 0.2) is 0 Å². The maximum absolute atomic E-state index is 13.7. The molecule has 35 heavy (non-hydrogen) atoms. The minimum Gasteiger partial charge on any atom is -0.324 e. The quantitative estimate of drug-likeness (QED) is 0.411. The van der Waals surface area contributed by atoms with Gasteiger partial charge in [0.2, 0.25) is 0 Å². The molecule has 6 nitrogen and oxygen atoms in total. The maximum Gasteiger partial charge on any atom is 0.275 e. The van der Waals surface area contributed by atoms with Crippen molar-refractivity contribution in [2.24, 2.45) is 0 Å². The van der Waals surface area contributed by atoms with E-state index in [0.717, 1.165) is 0 Å². The largest absolute Gasteiger partial charge is 0.324 e. The molecule has 1 aromatic heterocycles. The lowest BCUT2D eigenvalue weighted by Gasteiger charge is -2.31. The molecule has 2 amide bonds. The number of nitrogens with zero attached hydrogens (tertiary/aromatic N) is 3. The van der Waals surface area contributed by atoms with Gasteiger partial charge in [0.05, 0.1) is 6.20 Å². The Morgan fingerprint density at radius 3 is 1.94 bits per heavy atom. The third-order valence-corrected chi connectivity index (χ3v) is 5.17.